The Labute approximate surface area is 120 Å². The number of halogens is 4. The van der Waals surface area contributed by atoms with Crippen LogP contribution in [0.3, 0.4) is 0 Å². The van der Waals surface area contributed by atoms with E-state index in [1.807, 2.05) is 0 Å². The molecule has 1 aliphatic carbocycles. The maximum Gasteiger partial charge on any atom is 0.273 e. The van der Waals surface area contributed by atoms with Crippen LogP contribution in [0.4, 0.5) is 8.78 Å². The summed E-state index contributed by atoms with van der Waals surface area (Å²) < 4.78 is 27.8. The second-order valence-electron chi connectivity index (χ2n) is 4.89. The van der Waals surface area contributed by atoms with Gasteiger partial charge in [0.25, 0.3) is 17.4 Å². The number of carbonyl (C=O) groups excluding carboxylic acids is 1. The topological polar surface area (TPSA) is 42.3 Å². The summed E-state index contributed by atoms with van der Waals surface area (Å²) >= 11 is 9.00. The molecule has 4 nitrogen and oxygen atoms in total. The lowest BCUT2D eigenvalue weighted by atomic mass is 9.80. The van der Waals surface area contributed by atoms with E-state index < -0.39 is 35.9 Å². The van der Waals surface area contributed by atoms with Gasteiger partial charge in [-0.05, 0) is 22.0 Å². The molecule has 3 rings (SSSR count). The number of aromatic nitrogens is 1. The summed E-state index contributed by atoms with van der Waals surface area (Å²) in [6.45, 7) is 0. The monoisotopic (exact) mass is 352 g/mol. The zero-order valence-corrected chi connectivity index (χ0v) is 12.1. The largest absolute Gasteiger partial charge is 0.316 e. The Morgan fingerprint density at radius 1 is 1.37 bits per heavy atom. The minimum absolute atomic E-state index is 0.0205. The molecule has 1 aromatic rings. The quantitative estimate of drug-likeness (QED) is 0.719. The average Bonchev–Trinajstić information content (AvgIpc) is 2.47. The van der Waals surface area contributed by atoms with Crippen molar-refractivity contribution in [1.29, 1.82) is 0 Å². The number of carbonyl (C=O) groups is 1. The molecule has 2 aliphatic rings. The van der Waals surface area contributed by atoms with Crippen molar-refractivity contribution in [3.05, 3.63) is 31.6 Å². The first-order valence-electron chi connectivity index (χ1n) is 5.47. The molecule has 102 valence electrons. The van der Waals surface area contributed by atoms with E-state index in [9.17, 15) is 18.4 Å². The highest BCUT2D eigenvalue weighted by Crippen LogP contribution is 2.55. The van der Waals surface area contributed by atoms with Crippen LogP contribution in [0, 0.1) is 0 Å². The Morgan fingerprint density at radius 3 is 2.47 bits per heavy atom. The van der Waals surface area contributed by atoms with Crippen molar-refractivity contribution >= 4 is 33.4 Å². The fourth-order valence-electron chi connectivity index (χ4n) is 2.82. The summed E-state index contributed by atoms with van der Waals surface area (Å²) in [5.41, 5.74) is -1.83. The highest BCUT2D eigenvalue weighted by atomic mass is 79.9. The van der Waals surface area contributed by atoms with E-state index >= 15 is 0 Å². The van der Waals surface area contributed by atoms with Gasteiger partial charge in [-0.2, -0.15) is 0 Å². The number of fused-ring (bicyclic) bond motifs is 2. The Morgan fingerprint density at radius 2 is 1.95 bits per heavy atom. The average molecular weight is 354 g/mol. The van der Waals surface area contributed by atoms with Crippen LogP contribution >= 0.6 is 27.5 Å². The molecule has 0 unspecified atom stereocenters. The molecule has 1 aliphatic heterocycles. The fraction of sp³-hybridized carbons (Fsp3) is 0.455. The van der Waals surface area contributed by atoms with Gasteiger partial charge in [-0.25, -0.2) is 8.78 Å². The molecule has 1 aromatic heterocycles. The zero-order chi connectivity index (χ0) is 14.2. The lowest BCUT2D eigenvalue weighted by Gasteiger charge is -2.49. The van der Waals surface area contributed by atoms with E-state index in [0.717, 1.165) is 4.57 Å². The molecular formula is C11H8BrClF2N2O2. The second kappa shape index (κ2) is 3.58. The number of hydrogen-bond acceptors (Lipinski definition) is 2. The molecule has 1 spiro atoms. The normalized spacial score (nSPS) is 22.6. The Bertz CT molecular complexity index is 665. The Hall–Kier alpha value is -0.950. The van der Waals surface area contributed by atoms with Crippen LogP contribution in [0.2, 0.25) is 5.02 Å². The number of pyridine rings is 1. The smallest absolute Gasteiger partial charge is 0.273 e. The molecule has 19 heavy (non-hydrogen) atoms. The number of hydrogen-bond donors (Lipinski definition) is 0. The summed E-state index contributed by atoms with van der Waals surface area (Å²) in [7, 11) is 1.41. The van der Waals surface area contributed by atoms with E-state index in [2.05, 4.69) is 15.9 Å². The number of amides is 1. The van der Waals surface area contributed by atoms with Crippen LogP contribution in [0.25, 0.3) is 0 Å². The van der Waals surface area contributed by atoms with E-state index in [-0.39, 0.29) is 15.2 Å². The summed E-state index contributed by atoms with van der Waals surface area (Å²) in [5.74, 6) is -3.38. The predicted molar refractivity (Wildman–Crippen MR) is 67.7 cm³/mol. The highest BCUT2D eigenvalue weighted by molar-refractivity contribution is 9.10. The first kappa shape index (κ1) is 13.1. The van der Waals surface area contributed by atoms with Crippen molar-refractivity contribution in [2.45, 2.75) is 24.4 Å². The molecule has 0 radical (unpaired) electrons. The van der Waals surface area contributed by atoms with Crippen molar-refractivity contribution in [2.24, 2.45) is 0 Å². The predicted octanol–water partition coefficient (Wildman–Crippen LogP) is 2.43. The maximum absolute atomic E-state index is 13.3. The molecule has 2 heterocycles. The molecule has 0 saturated heterocycles. The number of alkyl halides is 2. The number of nitrogens with zero attached hydrogens (tertiary/aromatic N) is 2. The second-order valence-corrected chi connectivity index (χ2v) is 6.15. The lowest BCUT2D eigenvalue weighted by Crippen LogP contribution is -2.61. The summed E-state index contributed by atoms with van der Waals surface area (Å²) in [6, 6.07) is 1.32. The van der Waals surface area contributed by atoms with Crippen molar-refractivity contribution < 1.29 is 13.6 Å². The molecule has 1 amide bonds. The van der Waals surface area contributed by atoms with Gasteiger partial charge in [-0.3, -0.25) is 14.2 Å². The molecule has 0 bridgehead atoms. The minimum Gasteiger partial charge on any atom is -0.316 e. The molecule has 0 aromatic carbocycles. The van der Waals surface area contributed by atoms with Gasteiger partial charge in [-0.1, -0.05) is 11.6 Å². The summed E-state index contributed by atoms with van der Waals surface area (Å²) in [4.78, 5) is 25.5. The molecular weight excluding hydrogens is 345 g/mol. The van der Waals surface area contributed by atoms with E-state index in [1.165, 1.54) is 18.0 Å². The Balaban J connectivity index is 2.31. The van der Waals surface area contributed by atoms with Crippen LogP contribution in [-0.4, -0.2) is 28.3 Å². The van der Waals surface area contributed by atoms with Gasteiger partial charge >= 0.3 is 0 Å². The lowest BCUT2D eigenvalue weighted by molar-refractivity contribution is -0.190. The minimum atomic E-state index is -2.87. The number of rotatable bonds is 0. The van der Waals surface area contributed by atoms with E-state index in [4.69, 9.17) is 11.6 Å². The highest BCUT2D eigenvalue weighted by Gasteiger charge is 2.65. The van der Waals surface area contributed by atoms with Crippen LogP contribution in [0.15, 0.2) is 15.3 Å². The third kappa shape index (κ3) is 1.48. The van der Waals surface area contributed by atoms with Crippen molar-refractivity contribution in [2.75, 3.05) is 7.05 Å². The van der Waals surface area contributed by atoms with Crippen LogP contribution < -0.4 is 5.56 Å². The summed E-state index contributed by atoms with van der Waals surface area (Å²) in [5, 5.41) is 0.0791. The first-order chi connectivity index (χ1) is 8.69. The standard InChI is InChI=1S/C11H8BrClF2N2O2/c1-16-9(19)7-6(13)2-5(12)8(18)17(7)11(16)3-10(14,15)4-11/h2H,3-4H2,1H3. The third-order valence-corrected chi connectivity index (χ3v) is 4.60. The van der Waals surface area contributed by atoms with Gasteiger partial charge in [-0.15, -0.1) is 0 Å². The Kier molecular flexibility index (Phi) is 2.46. The van der Waals surface area contributed by atoms with E-state index in [1.54, 1.807) is 0 Å². The maximum atomic E-state index is 13.3. The molecule has 0 atom stereocenters. The molecule has 8 heteroatoms. The molecule has 1 saturated carbocycles. The van der Waals surface area contributed by atoms with Crippen molar-refractivity contribution in [3.8, 4) is 0 Å². The van der Waals surface area contributed by atoms with Gasteiger partial charge in [0, 0.05) is 7.05 Å². The fourth-order valence-corrected chi connectivity index (χ4v) is 3.63. The molecule has 1 fully saturated rings. The van der Waals surface area contributed by atoms with Gasteiger partial charge in [0.05, 0.1) is 22.3 Å². The van der Waals surface area contributed by atoms with Crippen molar-refractivity contribution in [1.82, 2.24) is 9.47 Å². The third-order valence-electron chi connectivity index (χ3n) is 3.74. The van der Waals surface area contributed by atoms with Gasteiger partial charge in [0.15, 0.2) is 0 Å². The van der Waals surface area contributed by atoms with Gasteiger partial charge in [0.2, 0.25) is 0 Å². The zero-order valence-electron chi connectivity index (χ0n) is 9.71. The van der Waals surface area contributed by atoms with Crippen LogP contribution in [-0.2, 0) is 5.66 Å². The van der Waals surface area contributed by atoms with Crippen molar-refractivity contribution in [3.63, 3.8) is 0 Å². The van der Waals surface area contributed by atoms with Gasteiger partial charge in [0.1, 0.15) is 11.4 Å². The van der Waals surface area contributed by atoms with E-state index in [0.29, 0.717) is 0 Å². The van der Waals surface area contributed by atoms with Crippen LogP contribution in [0.1, 0.15) is 23.3 Å². The first-order valence-corrected chi connectivity index (χ1v) is 6.64. The van der Waals surface area contributed by atoms with Gasteiger partial charge < -0.3 is 4.90 Å². The SMILES string of the molecule is CN1C(=O)c2c(Cl)cc(Br)c(=O)n2C12CC(F)(F)C2. The summed E-state index contributed by atoms with van der Waals surface area (Å²) in [6.07, 6.45) is -1.14. The molecule has 0 N–H and O–H groups in total. The van der Waals surface area contributed by atoms with Crippen LogP contribution in [0.5, 0.6) is 0 Å².